The van der Waals surface area contributed by atoms with Gasteiger partial charge in [-0.3, -0.25) is 0 Å². The van der Waals surface area contributed by atoms with Crippen LogP contribution in [0.5, 0.6) is 0 Å². The van der Waals surface area contributed by atoms with E-state index in [4.69, 9.17) is 9.47 Å². The van der Waals surface area contributed by atoms with Crippen molar-refractivity contribution in [3.05, 3.63) is 6.92 Å². The average molecular weight is 206 g/mol. The van der Waals surface area contributed by atoms with Gasteiger partial charge in [0.25, 0.3) is 0 Å². The van der Waals surface area contributed by atoms with Crippen molar-refractivity contribution >= 4 is 0 Å². The van der Waals surface area contributed by atoms with Gasteiger partial charge in [0, 0.05) is 5.41 Å². The van der Waals surface area contributed by atoms with Crippen LogP contribution >= 0.6 is 0 Å². The predicted octanol–water partition coefficient (Wildman–Crippen LogP) is -0.114. The van der Waals surface area contributed by atoms with E-state index in [0.29, 0.717) is 11.8 Å². The second-order valence-electron chi connectivity index (χ2n) is 5.46. The fourth-order valence-electron chi connectivity index (χ4n) is 1.38. The van der Waals surface area contributed by atoms with Gasteiger partial charge >= 0.3 is 18.9 Å². The molecule has 1 fully saturated rings. The molecule has 15 heavy (non-hydrogen) atoms. The Bertz CT molecular complexity index is 170. The molecule has 1 rings (SSSR count). The third kappa shape index (κ3) is 5.40. The first kappa shape index (κ1) is 15.5. The van der Waals surface area contributed by atoms with Gasteiger partial charge in [-0.25, -0.2) is 0 Å². The van der Waals surface area contributed by atoms with Crippen molar-refractivity contribution in [1.29, 1.82) is 0 Å². The Hall–Kier alpha value is 0.517. The van der Waals surface area contributed by atoms with Crippen molar-refractivity contribution < 1.29 is 28.3 Å². The monoisotopic (exact) mass is 206 g/mol. The fraction of sp³-hybridized carbons (Fsp3) is 0.917. The van der Waals surface area contributed by atoms with Gasteiger partial charge in [0.1, 0.15) is 0 Å². The molecule has 1 aliphatic rings. The van der Waals surface area contributed by atoms with Gasteiger partial charge in [0.05, 0.1) is 13.2 Å². The van der Waals surface area contributed by atoms with Gasteiger partial charge in [-0.05, 0) is 6.42 Å². The molecule has 0 spiro atoms. The van der Waals surface area contributed by atoms with E-state index in [1.165, 1.54) is 0 Å². The van der Waals surface area contributed by atoms with Crippen molar-refractivity contribution in [2.75, 3.05) is 13.2 Å². The first-order chi connectivity index (χ1) is 6.41. The molecular formula is C12H23LiO2. The summed E-state index contributed by atoms with van der Waals surface area (Å²) in [5, 5.41) is 0. The molecular weight excluding hydrogens is 183 g/mol. The first-order valence-corrected chi connectivity index (χ1v) is 5.47. The summed E-state index contributed by atoms with van der Waals surface area (Å²) >= 11 is 0. The third-order valence-electron chi connectivity index (χ3n) is 2.76. The number of ether oxygens (including phenoxy) is 2. The SMILES string of the molecule is [CH2-]C(CC1OCC(C)(C)CO1)C(C)C.[Li+]. The first-order valence-electron chi connectivity index (χ1n) is 5.47. The van der Waals surface area contributed by atoms with Crippen molar-refractivity contribution in [3.63, 3.8) is 0 Å². The smallest absolute Gasteiger partial charge is 0.352 e. The van der Waals surface area contributed by atoms with Crippen molar-refractivity contribution in [1.82, 2.24) is 0 Å². The number of hydrogen-bond donors (Lipinski definition) is 0. The Kier molecular flexibility index (Phi) is 6.52. The zero-order valence-electron chi connectivity index (χ0n) is 10.9. The molecule has 0 aromatic carbocycles. The Balaban J connectivity index is 0.00000196. The molecule has 0 aromatic heterocycles. The molecule has 1 unspecified atom stereocenters. The molecule has 1 heterocycles. The van der Waals surface area contributed by atoms with Crippen LogP contribution in [0, 0.1) is 24.2 Å². The largest absolute Gasteiger partial charge is 1.00 e. The maximum Gasteiger partial charge on any atom is 1.00 e. The maximum atomic E-state index is 5.65. The summed E-state index contributed by atoms with van der Waals surface area (Å²) in [6.45, 7) is 14.4. The van der Waals surface area contributed by atoms with Crippen LogP contribution in [0.25, 0.3) is 0 Å². The van der Waals surface area contributed by atoms with E-state index in [0.717, 1.165) is 19.6 Å². The molecule has 0 aromatic rings. The van der Waals surface area contributed by atoms with Crippen LogP contribution in [0.15, 0.2) is 0 Å². The zero-order chi connectivity index (χ0) is 10.8. The molecule has 0 aliphatic carbocycles. The molecule has 0 radical (unpaired) electrons. The van der Waals surface area contributed by atoms with Crippen LogP contribution in [-0.4, -0.2) is 19.5 Å². The maximum absolute atomic E-state index is 5.65. The van der Waals surface area contributed by atoms with Gasteiger partial charge in [-0.15, -0.1) is 0 Å². The van der Waals surface area contributed by atoms with Crippen LogP contribution in [0.2, 0.25) is 0 Å². The molecule has 0 amide bonds. The Morgan fingerprint density at radius 2 is 1.73 bits per heavy atom. The van der Waals surface area contributed by atoms with Crippen LogP contribution in [0.4, 0.5) is 0 Å². The molecule has 0 bridgehead atoms. The van der Waals surface area contributed by atoms with Crippen molar-refractivity contribution in [3.8, 4) is 0 Å². The van der Waals surface area contributed by atoms with Gasteiger partial charge in [0.15, 0.2) is 6.29 Å². The van der Waals surface area contributed by atoms with E-state index < -0.39 is 0 Å². The second-order valence-corrected chi connectivity index (χ2v) is 5.46. The summed E-state index contributed by atoms with van der Waals surface area (Å²) in [5.41, 5.74) is 0.172. The molecule has 2 nitrogen and oxygen atoms in total. The molecule has 0 N–H and O–H groups in total. The third-order valence-corrected chi connectivity index (χ3v) is 2.76. The Labute approximate surface area is 106 Å². The minimum absolute atomic E-state index is 0. The molecule has 0 saturated carbocycles. The predicted molar refractivity (Wildman–Crippen MR) is 57.8 cm³/mol. The van der Waals surface area contributed by atoms with Crippen LogP contribution in [0.1, 0.15) is 34.1 Å². The fourth-order valence-corrected chi connectivity index (χ4v) is 1.38. The van der Waals surface area contributed by atoms with E-state index in [2.05, 4.69) is 34.6 Å². The molecule has 3 heteroatoms. The molecule has 1 atom stereocenters. The van der Waals surface area contributed by atoms with Crippen molar-refractivity contribution in [2.45, 2.75) is 40.4 Å². The van der Waals surface area contributed by atoms with Gasteiger partial charge in [0.2, 0.25) is 0 Å². The van der Waals surface area contributed by atoms with E-state index in [1.807, 2.05) is 0 Å². The van der Waals surface area contributed by atoms with E-state index in [1.54, 1.807) is 0 Å². The zero-order valence-corrected chi connectivity index (χ0v) is 10.9. The average Bonchev–Trinajstić information content (AvgIpc) is 2.08. The molecule has 1 aliphatic heterocycles. The minimum atomic E-state index is -0.0343. The standard InChI is InChI=1S/C12H23O2.Li/c1-9(2)10(3)6-11-13-7-12(4,5)8-14-11;/h9-11H,3,6-8H2,1-2,4-5H3;/q-1;+1. The normalized spacial score (nSPS) is 23.6. The Morgan fingerprint density at radius 1 is 1.27 bits per heavy atom. The topological polar surface area (TPSA) is 18.5 Å². The van der Waals surface area contributed by atoms with Gasteiger partial charge in [-0.2, -0.15) is 5.92 Å². The number of rotatable bonds is 3. The van der Waals surface area contributed by atoms with Gasteiger partial charge < -0.3 is 16.4 Å². The van der Waals surface area contributed by atoms with E-state index >= 15 is 0 Å². The van der Waals surface area contributed by atoms with Crippen LogP contribution < -0.4 is 18.9 Å². The summed E-state index contributed by atoms with van der Waals surface area (Å²) < 4.78 is 11.3. The molecule has 1 saturated heterocycles. The van der Waals surface area contributed by atoms with Crippen molar-refractivity contribution in [2.24, 2.45) is 17.3 Å². The second kappa shape index (κ2) is 6.30. The van der Waals surface area contributed by atoms with E-state index in [-0.39, 0.29) is 30.6 Å². The van der Waals surface area contributed by atoms with Gasteiger partial charge in [-0.1, -0.05) is 33.6 Å². The quantitative estimate of drug-likeness (QED) is 0.474. The Morgan fingerprint density at radius 3 is 2.13 bits per heavy atom. The summed E-state index contributed by atoms with van der Waals surface area (Å²) in [5.74, 6) is 1.01. The summed E-state index contributed by atoms with van der Waals surface area (Å²) in [6, 6.07) is 0. The summed E-state index contributed by atoms with van der Waals surface area (Å²) in [6.07, 6.45) is 0.876. The summed E-state index contributed by atoms with van der Waals surface area (Å²) in [7, 11) is 0. The summed E-state index contributed by atoms with van der Waals surface area (Å²) in [4.78, 5) is 0. The number of hydrogen-bond acceptors (Lipinski definition) is 2. The van der Waals surface area contributed by atoms with E-state index in [9.17, 15) is 0 Å². The molecule has 84 valence electrons. The van der Waals surface area contributed by atoms with Crippen LogP contribution in [0.3, 0.4) is 0 Å². The minimum Gasteiger partial charge on any atom is -0.352 e. The van der Waals surface area contributed by atoms with Crippen LogP contribution in [-0.2, 0) is 9.47 Å².